The van der Waals surface area contributed by atoms with E-state index in [-0.39, 0.29) is 12.6 Å². The van der Waals surface area contributed by atoms with E-state index in [0.717, 1.165) is 6.07 Å². The summed E-state index contributed by atoms with van der Waals surface area (Å²) in [6, 6.07) is 3.17. The van der Waals surface area contributed by atoms with Crippen molar-refractivity contribution in [2.24, 2.45) is 0 Å². The van der Waals surface area contributed by atoms with Crippen LogP contribution in [0.4, 0.5) is 49.6 Å². The molecule has 2 aromatic rings. The highest BCUT2D eigenvalue weighted by Gasteiger charge is 2.73. The van der Waals surface area contributed by atoms with Gasteiger partial charge in [0, 0.05) is 16.6 Å². The van der Waals surface area contributed by atoms with Crippen LogP contribution in [0.3, 0.4) is 0 Å². The van der Waals surface area contributed by atoms with Crippen LogP contribution in [0, 0.1) is 0 Å². The second-order valence-corrected chi connectivity index (χ2v) is 7.39. The average Bonchev–Trinajstić information content (AvgIpc) is 2.66. The molecule has 0 aliphatic carbocycles. The first kappa shape index (κ1) is 26.8. The molecule has 1 aromatic carbocycles. The number of carbonyl (C=O) groups is 1. The molecule has 2 N–H and O–H groups in total. The van der Waals surface area contributed by atoms with Gasteiger partial charge in [-0.2, -0.15) is 39.5 Å². The number of alkyl halides is 10. The van der Waals surface area contributed by atoms with E-state index < -0.39 is 63.2 Å². The van der Waals surface area contributed by atoms with E-state index in [9.17, 15) is 48.7 Å². The summed E-state index contributed by atoms with van der Waals surface area (Å²) >= 11 is 2.41. The van der Waals surface area contributed by atoms with Crippen LogP contribution >= 0.6 is 15.9 Å². The highest BCUT2D eigenvalue weighted by Crippen LogP contribution is 2.55. The molecular formula is C18H12BrF10N3O. The van der Waals surface area contributed by atoms with Crippen molar-refractivity contribution < 1.29 is 48.7 Å². The van der Waals surface area contributed by atoms with E-state index in [1.165, 1.54) is 12.1 Å². The van der Waals surface area contributed by atoms with E-state index >= 15 is 0 Å². The smallest absolute Gasteiger partial charge is 0.319 e. The number of hydrogen-bond donors (Lipinski definition) is 2. The van der Waals surface area contributed by atoms with Crippen LogP contribution in [0.2, 0.25) is 0 Å². The number of aromatic nitrogens is 1. The van der Waals surface area contributed by atoms with Crippen molar-refractivity contribution in [3.63, 3.8) is 0 Å². The predicted octanol–water partition coefficient (Wildman–Crippen LogP) is 6.12. The minimum absolute atomic E-state index is 0.128. The Morgan fingerprint density at radius 3 is 2.03 bits per heavy atom. The zero-order valence-corrected chi connectivity index (χ0v) is 17.7. The van der Waals surface area contributed by atoms with Gasteiger partial charge < -0.3 is 10.6 Å². The average molecular weight is 556 g/mol. The molecule has 1 heterocycles. The zero-order chi connectivity index (χ0) is 25.4. The van der Waals surface area contributed by atoms with E-state index in [4.69, 9.17) is 0 Å². The molecule has 0 spiro atoms. The van der Waals surface area contributed by atoms with Crippen LogP contribution in [0.15, 0.2) is 34.8 Å². The molecule has 0 atom stereocenters. The third kappa shape index (κ3) is 5.39. The molecule has 0 aliphatic rings. The second-order valence-electron chi connectivity index (χ2n) is 6.53. The first-order chi connectivity index (χ1) is 14.9. The van der Waals surface area contributed by atoms with Crippen LogP contribution in [-0.4, -0.2) is 30.3 Å². The van der Waals surface area contributed by atoms with Crippen LogP contribution in [0.25, 0.3) is 0 Å². The first-order valence-electron chi connectivity index (χ1n) is 8.59. The maximum absolute atomic E-state index is 14.3. The maximum Gasteiger partial charge on any atom is 0.435 e. The Hall–Kier alpha value is -2.42. The molecule has 4 nitrogen and oxygen atoms in total. The molecule has 0 saturated carbocycles. The third-order valence-corrected chi connectivity index (χ3v) is 4.84. The Kier molecular flexibility index (Phi) is 7.38. The van der Waals surface area contributed by atoms with Gasteiger partial charge in [0.05, 0.1) is 16.9 Å². The molecule has 33 heavy (non-hydrogen) atoms. The standard InChI is InChI=1S/C18H12BrF10N3O/c1-30-7-9-3-2-4-12(31-9)14(33)32-13-10(16(21,22)23)5-8(6-11(13)19)15(20,17(24,25)26)18(27,28)29/h2-6,30H,7H2,1H3,(H,32,33). The fraction of sp³-hybridized carbons (Fsp3) is 0.333. The molecule has 0 bridgehead atoms. The number of halogens is 11. The number of rotatable bonds is 5. The van der Waals surface area contributed by atoms with Crippen LogP contribution in [-0.2, 0) is 18.4 Å². The number of hydrogen-bond acceptors (Lipinski definition) is 3. The molecule has 0 fully saturated rings. The fourth-order valence-corrected chi connectivity index (χ4v) is 3.27. The molecule has 2 rings (SSSR count). The molecule has 0 aliphatic heterocycles. The van der Waals surface area contributed by atoms with E-state index in [2.05, 4.69) is 26.2 Å². The van der Waals surface area contributed by atoms with Crippen molar-refractivity contribution in [1.29, 1.82) is 0 Å². The highest BCUT2D eigenvalue weighted by atomic mass is 79.9. The van der Waals surface area contributed by atoms with Gasteiger partial charge >= 0.3 is 24.2 Å². The van der Waals surface area contributed by atoms with E-state index in [1.807, 2.05) is 0 Å². The molecule has 15 heteroatoms. The molecule has 0 unspecified atom stereocenters. The van der Waals surface area contributed by atoms with Gasteiger partial charge in [0.25, 0.3) is 5.91 Å². The summed E-state index contributed by atoms with van der Waals surface area (Å²) in [7, 11) is 1.55. The summed E-state index contributed by atoms with van der Waals surface area (Å²) < 4.78 is 132. The monoisotopic (exact) mass is 555 g/mol. The largest absolute Gasteiger partial charge is 0.435 e. The number of nitrogens with one attached hydrogen (secondary N) is 2. The van der Waals surface area contributed by atoms with Gasteiger partial charge in [-0.1, -0.05) is 6.07 Å². The number of amides is 1. The van der Waals surface area contributed by atoms with Crippen molar-refractivity contribution in [1.82, 2.24) is 10.3 Å². The zero-order valence-electron chi connectivity index (χ0n) is 16.1. The third-order valence-electron chi connectivity index (χ3n) is 4.21. The highest BCUT2D eigenvalue weighted by molar-refractivity contribution is 9.10. The van der Waals surface area contributed by atoms with Gasteiger partial charge in [0.2, 0.25) is 0 Å². The van der Waals surface area contributed by atoms with Gasteiger partial charge in [-0.3, -0.25) is 4.79 Å². The minimum Gasteiger partial charge on any atom is -0.319 e. The number of pyridine rings is 1. The van der Waals surface area contributed by atoms with E-state index in [0.29, 0.717) is 5.69 Å². The van der Waals surface area contributed by atoms with Crippen LogP contribution in [0.5, 0.6) is 0 Å². The summed E-state index contributed by atoms with van der Waals surface area (Å²) in [4.78, 5) is 16.3. The Balaban J connectivity index is 2.64. The molecule has 0 radical (unpaired) electrons. The van der Waals surface area contributed by atoms with Gasteiger partial charge in [-0.25, -0.2) is 9.37 Å². The van der Waals surface area contributed by atoms with Crippen LogP contribution < -0.4 is 10.6 Å². The molecule has 1 amide bonds. The lowest BCUT2D eigenvalue weighted by Gasteiger charge is -2.31. The first-order valence-corrected chi connectivity index (χ1v) is 9.38. The van der Waals surface area contributed by atoms with Gasteiger partial charge in [0.15, 0.2) is 0 Å². The summed E-state index contributed by atoms with van der Waals surface area (Å²) in [5.74, 6) is -1.25. The summed E-state index contributed by atoms with van der Waals surface area (Å²) in [6.45, 7) is 0.181. The SMILES string of the molecule is CNCc1cccc(C(=O)Nc2c(Br)cc(C(F)(C(F)(F)F)C(F)(F)F)cc2C(F)(F)F)n1. The summed E-state index contributed by atoms with van der Waals surface area (Å²) in [6.07, 6.45) is -18.8. The van der Waals surface area contributed by atoms with Crippen molar-refractivity contribution in [2.45, 2.75) is 30.7 Å². The lowest BCUT2D eigenvalue weighted by Crippen LogP contribution is -2.50. The van der Waals surface area contributed by atoms with Crippen molar-refractivity contribution in [2.75, 3.05) is 12.4 Å². The quantitative estimate of drug-likeness (QED) is 0.437. The topological polar surface area (TPSA) is 54.0 Å². The molecular weight excluding hydrogens is 544 g/mol. The van der Waals surface area contributed by atoms with Gasteiger partial charge in [0.1, 0.15) is 5.69 Å². The molecule has 1 aromatic heterocycles. The predicted molar refractivity (Wildman–Crippen MR) is 99.0 cm³/mol. The minimum atomic E-state index is -6.63. The van der Waals surface area contributed by atoms with Gasteiger partial charge in [-0.05, 0) is 47.2 Å². The molecule has 182 valence electrons. The number of benzene rings is 1. The summed E-state index contributed by atoms with van der Waals surface area (Å²) in [5, 5.41) is 4.47. The van der Waals surface area contributed by atoms with E-state index in [1.54, 1.807) is 12.4 Å². The summed E-state index contributed by atoms with van der Waals surface area (Å²) in [5.41, 5.74) is -11.9. The number of nitrogens with zero attached hydrogens (tertiary/aromatic N) is 1. The van der Waals surface area contributed by atoms with Crippen molar-refractivity contribution >= 4 is 27.5 Å². The Morgan fingerprint density at radius 1 is 0.970 bits per heavy atom. The van der Waals surface area contributed by atoms with Crippen LogP contribution in [0.1, 0.15) is 27.3 Å². The lowest BCUT2D eigenvalue weighted by molar-refractivity contribution is -0.348. The Bertz CT molecular complexity index is 1020. The fourth-order valence-electron chi connectivity index (χ4n) is 2.71. The van der Waals surface area contributed by atoms with Crippen molar-refractivity contribution in [3.05, 3.63) is 57.3 Å². The Labute approximate surface area is 187 Å². The van der Waals surface area contributed by atoms with Gasteiger partial charge in [-0.15, -0.1) is 0 Å². The second kappa shape index (κ2) is 9.08. The lowest BCUT2D eigenvalue weighted by atomic mass is 9.92. The number of anilines is 1. The molecule has 0 saturated heterocycles. The maximum atomic E-state index is 14.3. The Morgan fingerprint density at radius 2 is 1.55 bits per heavy atom. The number of carbonyl (C=O) groups excluding carboxylic acids is 1. The normalized spacial score (nSPS) is 13.2. The van der Waals surface area contributed by atoms with Crippen molar-refractivity contribution in [3.8, 4) is 0 Å².